The van der Waals surface area contributed by atoms with Gasteiger partial charge in [0.1, 0.15) is 12.2 Å². The summed E-state index contributed by atoms with van der Waals surface area (Å²) in [6.45, 7) is 4.27. The molecule has 3 N–H and O–H groups in total. The summed E-state index contributed by atoms with van der Waals surface area (Å²) in [5.74, 6) is -0.938. The fourth-order valence-corrected chi connectivity index (χ4v) is 1.77. The molecule has 1 heterocycles. The SMILES string of the molecule is CC(N)CCC(=O)N1CC(C)(OCC(=O)O)C1. The molecule has 1 saturated heterocycles. The Hall–Kier alpha value is -1.14. The summed E-state index contributed by atoms with van der Waals surface area (Å²) in [5, 5.41) is 8.50. The number of carbonyl (C=O) groups is 2. The van der Waals surface area contributed by atoms with Crippen LogP contribution in [0.4, 0.5) is 0 Å². The van der Waals surface area contributed by atoms with Crippen molar-refractivity contribution in [3.05, 3.63) is 0 Å². The molecule has 1 aliphatic rings. The summed E-state index contributed by atoms with van der Waals surface area (Å²) in [6.07, 6.45) is 1.11. The van der Waals surface area contributed by atoms with Crippen molar-refractivity contribution in [2.24, 2.45) is 5.73 Å². The molecule has 0 aliphatic carbocycles. The Balaban J connectivity index is 2.25. The number of hydrogen-bond acceptors (Lipinski definition) is 4. The monoisotopic (exact) mass is 244 g/mol. The van der Waals surface area contributed by atoms with Crippen molar-refractivity contribution in [1.29, 1.82) is 0 Å². The van der Waals surface area contributed by atoms with Crippen molar-refractivity contribution >= 4 is 11.9 Å². The third kappa shape index (κ3) is 4.32. The molecular formula is C11H20N2O4. The topological polar surface area (TPSA) is 92.9 Å². The number of aliphatic carboxylic acids is 1. The highest BCUT2D eigenvalue weighted by molar-refractivity contribution is 5.77. The van der Waals surface area contributed by atoms with E-state index < -0.39 is 11.6 Å². The minimum atomic E-state index is -0.993. The van der Waals surface area contributed by atoms with Crippen LogP contribution in [0, 0.1) is 0 Å². The van der Waals surface area contributed by atoms with E-state index in [9.17, 15) is 9.59 Å². The van der Waals surface area contributed by atoms with Crippen molar-refractivity contribution in [3.63, 3.8) is 0 Å². The van der Waals surface area contributed by atoms with Gasteiger partial charge in [-0.05, 0) is 20.3 Å². The average Bonchev–Trinajstić information content (AvgIpc) is 2.19. The molecule has 0 spiro atoms. The second-order valence-electron chi connectivity index (χ2n) is 4.90. The molecular weight excluding hydrogens is 224 g/mol. The Morgan fingerprint density at radius 3 is 2.59 bits per heavy atom. The molecule has 6 heteroatoms. The molecule has 1 aliphatic heterocycles. The zero-order valence-electron chi connectivity index (χ0n) is 10.3. The van der Waals surface area contributed by atoms with Crippen molar-refractivity contribution < 1.29 is 19.4 Å². The van der Waals surface area contributed by atoms with E-state index in [1.807, 2.05) is 13.8 Å². The largest absolute Gasteiger partial charge is 0.480 e. The highest BCUT2D eigenvalue weighted by Crippen LogP contribution is 2.25. The van der Waals surface area contributed by atoms with E-state index in [0.717, 1.165) is 0 Å². The summed E-state index contributed by atoms with van der Waals surface area (Å²) >= 11 is 0. The number of likely N-dealkylation sites (tertiary alicyclic amines) is 1. The standard InChI is InChI=1S/C11H20N2O4/c1-8(12)3-4-9(14)13-6-11(2,7-13)17-5-10(15)16/h8H,3-7,12H2,1-2H3,(H,15,16). The van der Waals surface area contributed by atoms with Gasteiger partial charge < -0.3 is 20.5 Å². The first-order valence-electron chi connectivity index (χ1n) is 5.71. The van der Waals surface area contributed by atoms with E-state index in [1.54, 1.807) is 4.90 Å². The Morgan fingerprint density at radius 2 is 2.12 bits per heavy atom. The van der Waals surface area contributed by atoms with Crippen LogP contribution in [0.15, 0.2) is 0 Å². The van der Waals surface area contributed by atoms with Crippen LogP contribution in [0.2, 0.25) is 0 Å². The molecule has 0 aromatic rings. The van der Waals surface area contributed by atoms with Gasteiger partial charge in [-0.15, -0.1) is 0 Å². The Morgan fingerprint density at radius 1 is 1.53 bits per heavy atom. The van der Waals surface area contributed by atoms with Gasteiger partial charge in [-0.2, -0.15) is 0 Å². The van der Waals surface area contributed by atoms with E-state index >= 15 is 0 Å². The lowest BCUT2D eigenvalue weighted by molar-refractivity contribution is -0.173. The van der Waals surface area contributed by atoms with Gasteiger partial charge in [0.05, 0.1) is 13.1 Å². The van der Waals surface area contributed by atoms with E-state index in [0.29, 0.717) is 25.9 Å². The number of nitrogens with zero attached hydrogens (tertiary/aromatic N) is 1. The van der Waals surface area contributed by atoms with Gasteiger partial charge in [-0.25, -0.2) is 4.79 Å². The lowest BCUT2D eigenvalue weighted by Gasteiger charge is -2.47. The fraction of sp³-hybridized carbons (Fsp3) is 0.818. The van der Waals surface area contributed by atoms with Gasteiger partial charge in [0.2, 0.25) is 5.91 Å². The highest BCUT2D eigenvalue weighted by Gasteiger charge is 2.42. The second kappa shape index (κ2) is 5.46. The number of carboxylic acids is 1. The fourth-order valence-electron chi connectivity index (χ4n) is 1.77. The van der Waals surface area contributed by atoms with Crippen LogP contribution in [0.25, 0.3) is 0 Å². The van der Waals surface area contributed by atoms with Crippen LogP contribution in [0.1, 0.15) is 26.7 Å². The first kappa shape index (κ1) is 13.9. The van der Waals surface area contributed by atoms with Gasteiger partial charge in [-0.3, -0.25) is 4.79 Å². The molecule has 17 heavy (non-hydrogen) atoms. The van der Waals surface area contributed by atoms with Crippen LogP contribution >= 0.6 is 0 Å². The number of nitrogens with two attached hydrogens (primary N) is 1. The molecule has 1 unspecified atom stereocenters. The zero-order valence-corrected chi connectivity index (χ0v) is 10.3. The van der Waals surface area contributed by atoms with Crippen LogP contribution in [-0.4, -0.2) is 53.2 Å². The number of rotatable bonds is 6. The number of carbonyl (C=O) groups excluding carboxylic acids is 1. The van der Waals surface area contributed by atoms with Gasteiger partial charge in [0.15, 0.2) is 0 Å². The van der Waals surface area contributed by atoms with Crippen molar-refractivity contribution in [2.75, 3.05) is 19.7 Å². The van der Waals surface area contributed by atoms with E-state index in [4.69, 9.17) is 15.6 Å². The molecule has 1 fully saturated rings. The zero-order chi connectivity index (χ0) is 13.1. The molecule has 0 saturated carbocycles. The average molecular weight is 244 g/mol. The molecule has 1 amide bonds. The first-order valence-corrected chi connectivity index (χ1v) is 5.71. The molecule has 98 valence electrons. The molecule has 1 rings (SSSR count). The van der Waals surface area contributed by atoms with Gasteiger partial charge >= 0.3 is 5.97 Å². The van der Waals surface area contributed by atoms with Crippen LogP contribution in [0.3, 0.4) is 0 Å². The minimum Gasteiger partial charge on any atom is -0.480 e. The number of carboxylic acid groups (broad SMARTS) is 1. The van der Waals surface area contributed by atoms with Crippen LogP contribution in [0.5, 0.6) is 0 Å². The van der Waals surface area contributed by atoms with E-state index in [2.05, 4.69) is 0 Å². The highest BCUT2D eigenvalue weighted by atomic mass is 16.5. The summed E-state index contributed by atoms with van der Waals surface area (Å²) < 4.78 is 5.21. The van der Waals surface area contributed by atoms with Crippen molar-refractivity contribution in [1.82, 2.24) is 4.90 Å². The maximum absolute atomic E-state index is 11.7. The third-order valence-electron chi connectivity index (χ3n) is 2.76. The van der Waals surface area contributed by atoms with E-state index in [-0.39, 0.29) is 18.6 Å². The van der Waals surface area contributed by atoms with Gasteiger partial charge in [-0.1, -0.05) is 0 Å². The van der Waals surface area contributed by atoms with Gasteiger partial charge in [0.25, 0.3) is 0 Å². The lowest BCUT2D eigenvalue weighted by Crippen LogP contribution is -2.63. The molecule has 0 aromatic carbocycles. The van der Waals surface area contributed by atoms with Crippen molar-refractivity contribution in [2.45, 2.75) is 38.3 Å². The van der Waals surface area contributed by atoms with Gasteiger partial charge in [0, 0.05) is 12.5 Å². The predicted molar refractivity (Wildman–Crippen MR) is 61.5 cm³/mol. The minimum absolute atomic E-state index is 0.0230. The van der Waals surface area contributed by atoms with E-state index in [1.165, 1.54) is 0 Å². The second-order valence-corrected chi connectivity index (χ2v) is 4.90. The van der Waals surface area contributed by atoms with Crippen LogP contribution in [-0.2, 0) is 14.3 Å². The van der Waals surface area contributed by atoms with Crippen molar-refractivity contribution in [3.8, 4) is 0 Å². The molecule has 0 bridgehead atoms. The number of hydrogen-bond donors (Lipinski definition) is 2. The Labute approximate surface area is 101 Å². The smallest absolute Gasteiger partial charge is 0.329 e. The number of amides is 1. The maximum atomic E-state index is 11.7. The summed E-state index contributed by atoms with van der Waals surface area (Å²) in [6, 6.07) is 0.0230. The summed E-state index contributed by atoms with van der Waals surface area (Å²) in [4.78, 5) is 23.7. The van der Waals surface area contributed by atoms with Crippen LogP contribution < -0.4 is 5.73 Å². The Kier molecular flexibility index (Phi) is 4.47. The molecule has 0 radical (unpaired) electrons. The normalized spacial score (nSPS) is 19.6. The molecule has 6 nitrogen and oxygen atoms in total. The summed E-state index contributed by atoms with van der Waals surface area (Å²) in [5.41, 5.74) is 5.06. The third-order valence-corrected chi connectivity index (χ3v) is 2.76. The quantitative estimate of drug-likeness (QED) is 0.676. The Bertz CT molecular complexity index is 298. The predicted octanol–water partition coefficient (Wildman–Crippen LogP) is -0.184. The number of ether oxygens (including phenoxy) is 1. The summed E-state index contributed by atoms with van der Waals surface area (Å²) in [7, 11) is 0. The molecule has 0 aromatic heterocycles. The maximum Gasteiger partial charge on any atom is 0.329 e. The first-order chi connectivity index (χ1) is 7.82. The lowest BCUT2D eigenvalue weighted by atomic mass is 9.95. The molecule has 1 atom stereocenters.